The van der Waals surface area contributed by atoms with Crippen molar-refractivity contribution in [3.8, 4) is 5.75 Å². The highest BCUT2D eigenvalue weighted by Gasteiger charge is 2.22. The van der Waals surface area contributed by atoms with E-state index in [1.54, 1.807) is 28.8 Å². The van der Waals surface area contributed by atoms with Crippen LogP contribution in [0.15, 0.2) is 78.9 Å². The zero-order chi connectivity index (χ0) is 25.2. The van der Waals surface area contributed by atoms with Gasteiger partial charge in [-0.3, -0.25) is 14.2 Å². The summed E-state index contributed by atoms with van der Waals surface area (Å²) >= 11 is 6.00. The van der Waals surface area contributed by atoms with Crippen LogP contribution in [0.2, 0.25) is 5.02 Å². The van der Waals surface area contributed by atoms with E-state index in [1.807, 2.05) is 61.5 Å². The summed E-state index contributed by atoms with van der Waals surface area (Å²) in [6, 6.07) is 24.1. The molecule has 0 radical (unpaired) electrons. The van der Waals surface area contributed by atoms with Gasteiger partial charge in [0.15, 0.2) is 0 Å². The highest BCUT2D eigenvalue weighted by molar-refractivity contribution is 6.30. The van der Waals surface area contributed by atoms with E-state index in [0.29, 0.717) is 33.1 Å². The van der Waals surface area contributed by atoms with Crippen molar-refractivity contribution in [3.05, 3.63) is 106 Å². The van der Waals surface area contributed by atoms with Gasteiger partial charge in [-0.2, -0.15) is 0 Å². The maximum Gasteiger partial charge on any atom is 0.310 e. The molecule has 0 bridgehead atoms. The van der Waals surface area contributed by atoms with Crippen molar-refractivity contribution >= 4 is 45.3 Å². The fraction of sp³-hybridized carbons (Fsp3) is 0.138. The Morgan fingerprint density at radius 2 is 1.75 bits per heavy atom. The summed E-state index contributed by atoms with van der Waals surface area (Å²) in [5, 5.41) is 2.37. The molecule has 0 saturated carbocycles. The fourth-order valence-electron chi connectivity index (χ4n) is 4.32. The number of rotatable bonds is 6. The van der Waals surface area contributed by atoms with E-state index >= 15 is 0 Å². The minimum Gasteiger partial charge on any atom is -0.487 e. The lowest BCUT2D eigenvalue weighted by Gasteiger charge is -2.09. The number of para-hydroxylation sites is 1. The quantitative estimate of drug-likeness (QED) is 0.263. The van der Waals surface area contributed by atoms with Gasteiger partial charge in [-0.15, -0.1) is 0 Å². The van der Waals surface area contributed by atoms with Crippen molar-refractivity contribution in [2.45, 2.75) is 20.0 Å². The first-order chi connectivity index (χ1) is 17.4. The predicted molar refractivity (Wildman–Crippen MR) is 140 cm³/mol. The average molecular weight is 499 g/mol. The van der Waals surface area contributed by atoms with E-state index < -0.39 is 0 Å². The number of hydrogen-bond donors (Lipinski definition) is 0. The van der Waals surface area contributed by atoms with Crippen molar-refractivity contribution in [3.63, 3.8) is 0 Å². The molecule has 0 spiro atoms. The van der Waals surface area contributed by atoms with Gasteiger partial charge in [-0.05, 0) is 67.1 Å². The standard InChI is InChI=1S/C29H23ClN2O4/c1-18-24(16-28(33)35-2)25-15-23(36-17-22-12-9-19-5-3-4-6-26(19)31-22)13-14-27(25)32(18)29(34)20-7-10-21(30)11-8-20/h3-15H,16-17H2,1-2H3. The van der Waals surface area contributed by atoms with Crippen molar-refractivity contribution in [1.82, 2.24) is 9.55 Å². The molecule has 7 heteroatoms. The predicted octanol–water partition coefficient (Wildman–Crippen LogP) is 6.13. The van der Waals surface area contributed by atoms with E-state index in [0.717, 1.165) is 22.0 Å². The lowest BCUT2D eigenvalue weighted by molar-refractivity contribution is -0.139. The second-order valence-corrected chi connectivity index (χ2v) is 8.86. The van der Waals surface area contributed by atoms with Gasteiger partial charge in [0, 0.05) is 27.1 Å². The summed E-state index contributed by atoms with van der Waals surface area (Å²) in [7, 11) is 1.35. The molecule has 0 unspecified atom stereocenters. The molecule has 0 atom stereocenters. The van der Waals surface area contributed by atoms with Crippen LogP contribution in [0.5, 0.6) is 5.75 Å². The number of fused-ring (bicyclic) bond motifs is 2. The molecular formula is C29H23ClN2O4. The zero-order valence-electron chi connectivity index (χ0n) is 19.8. The third-order valence-electron chi connectivity index (χ3n) is 6.19. The van der Waals surface area contributed by atoms with Crippen LogP contribution >= 0.6 is 11.6 Å². The van der Waals surface area contributed by atoms with Gasteiger partial charge in [-0.25, -0.2) is 4.98 Å². The number of carbonyl (C=O) groups is 2. The summed E-state index contributed by atoms with van der Waals surface area (Å²) in [6.45, 7) is 2.11. The fourth-order valence-corrected chi connectivity index (χ4v) is 4.45. The van der Waals surface area contributed by atoms with Gasteiger partial charge in [0.2, 0.25) is 0 Å². The Balaban J connectivity index is 1.51. The summed E-state index contributed by atoms with van der Waals surface area (Å²) < 4.78 is 12.6. The molecule has 3 aromatic carbocycles. The first-order valence-electron chi connectivity index (χ1n) is 11.4. The maximum atomic E-state index is 13.4. The average Bonchev–Trinajstić information content (AvgIpc) is 3.17. The molecular weight excluding hydrogens is 476 g/mol. The van der Waals surface area contributed by atoms with E-state index in [1.165, 1.54) is 7.11 Å². The third kappa shape index (κ3) is 4.55. The Kier molecular flexibility index (Phi) is 6.44. The van der Waals surface area contributed by atoms with Crippen LogP contribution in [0.4, 0.5) is 0 Å². The summed E-state index contributed by atoms with van der Waals surface area (Å²) in [5.74, 6) is 0.0155. The molecule has 180 valence electrons. The number of carbonyl (C=O) groups excluding carboxylic acids is 2. The minimum absolute atomic E-state index is 0.0371. The Labute approximate surface area is 213 Å². The van der Waals surface area contributed by atoms with E-state index in [2.05, 4.69) is 4.98 Å². The number of aromatic nitrogens is 2. The smallest absolute Gasteiger partial charge is 0.310 e. The van der Waals surface area contributed by atoms with Crippen LogP contribution in [0.3, 0.4) is 0 Å². The van der Waals surface area contributed by atoms with Crippen molar-refractivity contribution < 1.29 is 19.1 Å². The van der Waals surface area contributed by atoms with Crippen molar-refractivity contribution in [2.24, 2.45) is 0 Å². The summed E-state index contributed by atoms with van der Waals surface area (Å²) in [6.07, 6.45) is 0.0371. The van der Waals surface area contributed by atoms with Crippen molar-refractivity contribution in [1.29, 1.82) is 0 Å². The van der Waals surface area contributed by atoms with Crippen LogP contribution in [0, 0.1) is 6.92 Å². The van der Waals surface area contributed by atoms with E-state index in [9.17, 15) is 9.59 Å². The Morgan fingerprint density at radius 3 is 2.53 bits per heavy atom. The molecule has 5 rings (SSSR count). The van der Waals surface area contributed by atoms with Gasteiger partial charge in [0.25, 0.3) is 5.91 Å². The first kappa shape index (κ1) is 23.6. The minimum atomic E-state index is -0.386. The number of methoxy groups -OCH3 is 1. The van der Waals surface area contributed by atoms with Gasteiger partial charge in [0.05, 0.1) is 30.3 Å². The largest absolute Gasteiger partial charge is 0.487 e. The molecule has 0 fully saturated rings. The summed E-state index contributed by atoms with van der Waals surface area (Å²) in [4.78, 5) is 30.3. The molecule has 0 amide bonds. The van der Waals surface area contributed by atoms with Crippen LogP contribution in [-0.2, 0) is 22.6 Å². The lowest BCUT2D eigenvalue weighted by atomic mass is 10.1. The van der Waals surface area contributed by atoms with Gasteiger partial charge < -0.3 is 9.47 Å². The Bertz CT molecular complexity index is 1610. The molecule has 2 heterocycles. The molecule has 0 N–H and O–H groups in total. The summed E-state index contributed by atoms with van der Waals surface area (Å²) in [5.41, 5.74) is 4.27. The molecule has 6 nitrogen and oxygen atoms in total. The van der Waals surface area contributed by atoms with Gasteiger partial charge >= 0.3 is 5.97 Å². The number of halogens is 1. The van der Waals surface area contributed by atoms with Crippen molar-refractivity contribution in [2.75, 3.05) is 7.11 Å². The Hall–Kier alpha value is -4.16. The SMILES string of the molecule is COC(=O)Cc1c(C)n(C(=O)c2ccc(Cl)cc2)c2ccc(OCc3ccc4ccccc4n3)cc12. The number of benzene rings is 3. The first-order valence-corrected chi connectivity index (χ1v) is 11.8. The molecule has 2 aromatic heterocycles. The van der Waals surface area contributed by atoms with Crippen LogP contribution in [0.25, 0.3) is 21.8 Å². The van der Waals surface area contributed by atoms with Crippen LogP contribution in [0.1, 0.15) is 27.3 Å². The number of hydrogen-bond acceptors (Lipinski definition) is 5. The molecule has 0 saturated heterocycles. The second kappa shape index (κ2) is 9.84. The molecule has 0 aliphatic rings. The molecule has 5 aromatic rings. The highest BCUT2D eigenvalue weighted by Crippen LogP contribution is 2.31. The van der Waals surface area contributed by atoms with Crippen LogP contribution < -0.4 is 4.74 Å². The van der Waals surface area contributed by atoms with E-state index in [-0.39, 0.29) is 24.9 Å². The number of esters is 1. The number of pyridine rings is 1. The topological polar surface area (TPSA) is 70.4 Å². The zero-order valence-corrected chi connectivity index (χ0v) is 20.6. The number of nitrogens with zero attached hydrogens (tertiary/aromatic N) is 2. The molecule has 36 heavy (non-hydrogen) atoms. The number of ether oxygens (including phenoxy) is 2. The molecule has 0 aliphatic heterocycles. The lowest BCUT2D eigenvalue weighted by Crippen LogP contribution is -2.14. The maximum absolute atomic E-state index is 13.4. The van der Waals surface area contributed by atoms with Gasteiger partial charge in [-0.1, -0.05) is 35.9 Å². The van der Waals surface area contributed by atoms with E-state index in [4.69, 9.17) is 21.1 Å². The Morgan fingerprint density at radius 1 is 0.972 bits per heavy atom. The normalized spacial score (nSPS) is 11.1. The monoisotopic (exact) mass is 498 g/mol. The second-order valence-electron chi connectivity index (χ2n) is 8.43. The van der Waals surface area contributed by atoms with Gasteiger partial charge in [0.1, 0.15) is 12.4 Å². The van der Waals surface area contributed by atoms with Crippen LogP contribution in [-0.4, -0.2) is 28.5 Å². The highest BCUT2D eigenvalue weighted by atomic mass is 35.5. The third-order valence-corrected chi connectivity index (χ3v) is 6.44. The molecule has 0 aliphatic carbocycles.